The van der Waals surface area contributed by atoms with Crippen LogP contribution in [-0.4, -0.2) is 23.2 Å². The van der Waals surface area contributed by atoms with E-state index in [1.807, 2.05) is 61.5 Å². The van der Waals surface area contributed by atoms with Crippen LogP contribution in [-0.2, 0) is 4.79 Å². The van der Waals surface area contributed by atoms with Crippen molar-refractivity contribution < 1.29 is 14.6 Å². The van der Waals surface area contributed by atoms with E-state index in [-0.39, 0.29) is 17.2 Å². The fourth-order valence-electron chi connectivity index (χ4n) is 4.22. The number of benzene rings is 2. The van der Waals surface area contributed by atoms with Crippen molar-refractivity contribution in [3.8, 4) is 5.75 Å². The molecule has 2 N–H and O–H groups in total. The standard InChI is InChI=1S/C26H35NO3/c1-19(20-10-6-5-7-11-20)24(28)27-23(25(2,3)29)21-12-14-22(15-13-21)30-18-26(4)16-8-9-17-26/h5-7,10-15,19,23,29H,8-9,16-18H2,1-4H3,(H,27,28)/t19-,23+/m0/s1. The first-order valence-electron chi connectivity index (χ1n) is 11.0. The van der Waals surface area contributed by atoms with Gasteiger partial charge in [-0.1, -0.05) is 62.2 Å². The first-order valence-corrected chi connectivity index (χ1v) is 11.0. The molecule has 1 saturated carbocycles. The lowest BCUT2D eigenvalue weighted by Crippen LogP contribution is -2.43. The average molecular weight is 410 g/mol. The van der Waals surface area contributed by atoms with E-state index in [2.05, 4.69) is 12.2 Å². The topological polar surface area (TPSA) is 58.6 Å². The van der Waals surface area contributed by atoms with Crippen molar-refractivity contribution in [3.63, 3.8) is 0 Å². The Kier molecular flexibility index (Phi) is 6.87. The van der Waals surface area contributed by atoms with Gasteiger partial charge in [0.2, 0.25) is 5.91 Å². The summed E-state index contributed by atoms with van der Waals surface area (Å²) in [6.45, 7) is 8.34. The van der Waals surface area contributed by atoms with Gasteiger partial charge in [0.25, 0.3) is 0 Å². The van der Waals surface area contributed by atoms with E-state index in [1.165, 1.54) is 25.7 Å². The number of rotatable bonds is 8. The number of carbonyl (C=O) groups excluding carboxylic acids is 1. The Labute approximate surface area is 180 Å². The van der Waals surface area contributed by atoms with Crippen molar-refractivity contribution in [1.29, 1.82) is 0 Å². The lowest BCUT2D eigenvalue weighted by Gasteiger charge is -2.32. The van der Waals surface area contributed by atoms with Gasteiger partial charge in [0.15, 0.2) is 0 Å². The van der Waals surface area contributed by atoms with Gasteiger partial charge in [-0.05, 0) is 56.9 Å². The molecule has 0 bridgehead atoms. The molecule has 2 aromatic carbocycles. The molecule has 4 heteroatoms. The normalized spacial score (nSPS) is 17.9. The smallest absolute Gasteiger partial charge is 0.227 e. The van der Waals surface area contributed by atoms with Gasteiger partial charge in [0.1, 0.15) is 5.75 Å². The maximum atomic E-state index is 12.9. The molecule has 0 spiro atoms. The van der Waals surface area contributed by atoms with Crippen molar-refractivity contribution in [2.24, 2.45) is 5.41 Å². The number of carbonyl (C=O) groups is 1. The molecule has 1 aliphatic carbocycles. The van der Waals surface area contributed by atoms with Crippen LogP contribution in [0.1, 0.15) is 76.5 Å². The number of hydrogen-bond donors (Lipinski definition) is 2. The lowest BCUT2D eigenvalue weighted by molar-refractivity contribution is -0.125. The molecule has 4 nitrogen and oxygen atoms in total. The SMILES string of the molecule is C[C@H](C(=O)N[C@H](c1ccc(OCC2(C)CCCC2)cc1)C(C)(C)O)c1ccccc1. The van der Waals surface area contributed by atoms with Crippen LogP contribution in [0.15, 0.2) is 54.6 Å². The minimum Gasteiger partial charge on any atom is -0.493 e. The average Bonchev–Trinajstić information content (AvgIpc) is 3.17. The molecule has 2 atom stereocenters. The first-order chi connectivity index (χ1) is 14.2. The fourth-order valence-corrected chi connectivity index (χ4v) is 4.22. The summed E-state index contributed by atoms with van der Waals surface area (Å²) in [5, 5.41) is 13.8. The summed E-state index contributed by atoms with van der Waals surface area (Å²) < 4.78 is 6.04. The van der Waals surface area contributed by atoms with E-state index in [0.717, 1.165) is 23.5 Å². The van der Waals surface area contributed by atoms with Crippen LogP contribution in [0.3, 0.4) is 0 Å². The largest absolute Gasteiger partial charge is 0.493 e. The van der Waals surface area contributed by atoms with E-state index in [4.69, 9.17) is 4.74 Å². The molecule has 0 aromatic heterocycles. The highest BCUT2D eigenvalue weighted by molar-refractivity contribution is 5.83. The van der Waals surface area contributed by atoms with Crippen LogP contribution in [0.4, 0.5) is 0 Å². The number of amides is 1. The molecule has 3 rings (SSSR count). The Hall–Kier alpha value is -2.33. The minimum atomic E-state index is -1.11. The highest BCUT2D eigenvalue weighted by Crippen LogP contribution is 2.38. The monoisotopic (exact) mass is 409 g/mol. The van der Waals surface area contributed by atoms with Crippen LogP contribution in [0, 0.1) is 5.41 Å². The maximum Gasteiger partial charge on any atom is 0.227 e. The third kappa shape index (κ3) is 5.63. The molecular weight excluding hydrogens is 374 g/mol. The lowest BCUT2D eigenvalue weighted by atomic mass is 9.90. The third-order valence-corrected chi connectivity index (χ3v) is 6.30. The van der Waals surface area contributed by atoms with E-state index >= 15 is 0 Å². The molecule has 162 valence electrons. The molecule has 2 aromatic rings. The second-order valence-electron chi connectivity index (χ2n) is 9.60. The van der Waals surface area contributed by atoms with Gasteiger partial charge in [-0.15, -0.1) is 0 Å². The zero-order valence-corrected chi connectivity index (χ0v) is 18.7. The third-order valence-electron chi connectivity index (χ3n) is 6.30. The highest BCUT2D eigenvalue weighted by Gasteiger charge is 2.32. The van der Waals surface area contributed by atoms with Gasteiger partial charge in [0.05, 0.1) is 24.2 Å². The summed E-state index contributed by atoms with van der Waals surface area (Å²) in [7, 11) is 0. The summed E-state index contributed by atoms with van der Waals surface area (Å²) in [6.07, 6.45) is 5.01. The number of nitrogens with one attached hydrogen (secondary N) is 1. The first kappa shape index (κ1) is 22.4. The number of hydrogen-bond acceptors (Lipinski definition) is 3. The van der Waals surface area contributed by atoms with Crippen LogP contribution < -0.4 is 10.1 Å². The Morgan fingerprint density at radius 1 is 1.07 bits per heavy atom. The van der Waals surface area contributed by atoms with Gasteiger partial charge < -0.3 is 15.2 Å². The molecule has 0 unspecified atom stereocenters. The number of aliphatic hydroxyl groups is 1. The fraction of sp³-hybridized carbons (Fsp3) is 0.500. The van der Waals surface area contributed by atoms with E-state index in [0.29, 0.717) is 0 Å². The summed E-state index contributed by atoms with van der Waals surface area (Å²) in [5.41, 5.74) is 0.978. The van der Waals surface area contributed by atoms with Crippen molar-refractivity contribution in [1.82, 2.24) is 5.32 Å². The van der Waals surface area contributed by atoms with Gasteiger partial charge in [-0.3, -0.25) is 4.79 Å². The second kappa shape index (κ2) is 9.22. The minimum absolute atomic E-state index is 0.109. The molecule has 1 aliphatic rings. The van der Waals surface area contributed by atoms with Gasteiger partial charge in [-0.25, -0.2) is 0 Å². The zero-order chi connectivity index (χ0) is 21.8. The summed E-state index contributed by atoms with van der Waals surface area (Å²) >= 11 is 0. The second-order valence-corrected chi connectivity index (χ2v) is 9.60. The van der Waals surface area contributed by atoms with Crippen molar-refractivity contribution in [2.75, 3.05) is 6.61 Å². The molecule has 0 radical (unpaired) electrons. The van der Waals surface area contributed by atoms with Crippen LogP contribution >= 0.6 is 0 Å². The molecular formula is C26H35NO3. The maximum absolute atomic E-state index is 12.9. The van der Waals surface area contributed by atoms with Crippen LogP contribution in [0.25, 0.3) is 0 Å². The van der Waals surface area contributed by atoms with E-state index < -0.39 is 11.6 Å². The highest BCUT2D eigenvalue weighted by atomic mass is 16.5. The molecule has 0 heterocycles. The summed E-state index contributed by atoms with van der Waals surface area (Å²) in [6, 6.07) is 16.9. The van der Waals surface area contributed by atoms with Crippen molar-refractivity contribution in [2.45, 2.75) is 70.9 Å². The van der Waals surface area contributed by atoms with Crippen LogP contribution in [0.5, 0.6) is 5.75 Å². The van der Waals surface area contributed by atoms with Gasteiger partial charge in [-0.2, -0.15) is 0 Å². The molecule has 0 aliphatic heterocycles. The Morgan fingerprint density at radius 3 is 2.23 bits per heavy atom. The summed E-state index contributed by atoms with van der Waals surface area (Å²) in [4.78, 5) is 12.9. The van der Waals surface area contributed by atoms with Gasteiger partial charge >= 0.3 is 0 Å². The Bertz CT molecular complexity index is 818. The van der Waals surface area contributed by atoms with E-state index in [9.17, 15) is 9.90 Å². The number of ether oxygens (including phenoxy) is 1. The quantitative estimate of drug-likeness (QED) is 0.615. The van der Waals surface area contributed by atoms with Gasteiger partial charge in [0, 0.05) is 5.41 Å². The predicted molar refractivity (Wildman–Crippen MR) is 121 cm³/mol. The Balaban J connectivity index is 1.68. The molecule has 30 heavy (non-hydrogen) atoms. The van der Waals surface area contributed by atoms with Crippen molar-refractivity contribution >= 4 is 5.91 Å². The molecule has 0 saturated heterocycles. The molecule has 1 fully saturated rings. The predicted octanol–water partition coefficient (Wildman–Crippen LogP) is 5.38. The van der Waals surface area contributed by atoms with Crippen LogP contribution in [0.2, 0.25) is 0 Å². The zero-order valence-electron chi connectivity index (χ0n) is 18.7. The van der Waals surface area contributed by atoms with Crippen molar-refractivity contribution in [3.05, 3.63) is 65.7 Å². The Morgan fingerprint density at radius 2 is 1.67 bits per heavy atom. The molecule has 1 amide bonds. The summed E-state index contributed by atoms with van der Waals surface area (Å²) in [5.74, 6) is 0.416. The van der Waals surface area contributed by atoms with E-state index in [1.54, 1.807) is 13.8 Å².